The first-order valence-corrected chi connectivity index (χ1v) is 3.41. The molecule has 0 saturated carbocycles. The first kappa shape index (κ1) is 9.08. The van der Waals surface area contributed by atoms with Crippen LogP contribution in [0, 0.1) is 5.92 Å². The van der Waals surface area contributed by atoms with Crippen LogP contribution in [-0.4, -0.2) is 0 Å². The largest absolute Gasteiger partial charge is 0.386 e. The second-order valence-corrected chi connectivity index (χ2v) is 2.85. The monoisotopic (exact) mass is 140 g/mol. The molecule has 2 heteroatoms. The molecule has 10 heavy (non-hydrogen) atoms. The van der Waals surface area contributed by atoms with E-state index in [1.807, 2.05) is 0 Å². The highest BCUT2D eigenvalue weighted by Crippen LogP contribution is 2.05. The summed E-state index contributed by atoms with van der Waals surface area (Å²) in [5.41, 5.74) is 6.24. The molecule has 0 aromatic rings. The fourth-order valence-electron chi connectivity index (χ4n) is 0.771. The Kier molecular flexibility index (Phi) is 3.62. The third-order valence-electron chi connectivity index (χ3n) is 0.992. The van der Waals surface area contributed by atoms with Crippen LogP contribution < -0.4 is 11.1 Å². The highest BCUT2D eigenvalue weighted by Gasteiger charge is 1.96. The summed E-state index contributed by atoms with van der Waals surface area (Å²) in [4.78, 5) is 0. The van der Waals surface area contributed by atoms with E-state index in [1.54, 1.807) is 0 Å². The number of rotatable bonds is 4. The third-order valence-corrected chi connectivity index (χ3v) is 0.992. The van der Waals surface area contributed by atoms with Crippen LogP contribution >= 0.6 is 0 Å². The molecule has 0 bridgehead atoms. The minimum atomic E-state index is 0.464. The summed E-state index contributed by atoms with van der Waals surface area (Å²) >= 11 is 0. The Bertz CT molecular complexity index is 136. The Hall–Kier alpha value is -0.920. The molecular formula is C8H16N2. The molecule has 58 valence electrons. The molecule has 0 saturated heterocycles. The molecule has 3 N–H and O–H groups in total. The lowest BCUT2D eigenvalue weighted by molar-refractivity contribution is 0.620. The first-order chi connectivity index (χ1) is 4.52. The minimum Gasteiger partial charge on any atom is -0.386 e. The van der Waals surface area contributed by atoms with Crippen LogP contribution in [0.3, 0.4) is 0 Å². The minimum absolute atomic E-state index is 0.464. The summed E-state index contributed by atoms with van der Waals surface area (Å²) in [6, 6.07) is 0. The molecule has 0 heterocycles. The number of hydrogen-bond acceptors (Lipinski definition) is 2. The number of nitrogens with one attached hydrogen (secondary N) is 1. The lowest BCUT2D eigenvalue weighted by atomic mass is 10.1. The quantitative estimate of drug-likeness (QED) is 0.622. The molecule has 0 rings (SSSR count). The molecule has 0 fully saturated rings. The Morgan fingerprint density at radius 3 is 2.30 bits per heavy atom. The zero-order valence-corrected chi connectivity index (χ0v) is 6.78. The van der Waals surface area contributed by atoms with Gasteiger partial charge in [-0.05, 0) is 12.3 Å². The maximum atomic E-state index is 5.30. The van der Waals surface area contributed by atoms with Crippen molar-refractivity contribution in [1.82, 2.24) is 5.32 Å². The van der Waals surface area contributed by atoms with Crippen molar-refractivity contribution in [2.45, 2.75) is 20.3 Å². The Labute approximate surface area is 62.8 Å². The summed E-state index contributed by atoms with van der Waals surface area (Å²) in [6.45, 7) is 11.6. The molecule has 0 amide bonds. The molecule has 0 aliphatic carbocycles. The lowest BCUT2D eigenvalue weighted by Gasteiger charge is -2.09. The molecule has 0 unspecified atom stereocenters. The molecular weight excluding hydrogens is 124 g/mol. The van der Waals surface area contributed by atoms with Crippen molar-refractivity contribution in [2.75, 3.05) is 0 Å². The van der Waals surface area contributed by atoms with Crippen LogP contribution in [0.5, 0.6) is 0 Å². The Balaban J connectivity index is 3.54. The van der Waals surface area contributed by atoms with Crippen molar-refractivity contribution >= 4 is 0 Å². The maximum absolute atomic E-state index is 5.30. The van der Waals surface area contributed by atoms with Crippen molar-refractivity contribution in [3.63, 3.8) is 0 Å². The molecule has 0 aliphatic rings. The second kappa shape index (κ2) is 3.99. The maximum Gasteiger partial charge on any atom is 0.0927 e. The summed E-state index contributed by atoms with van der Waals surface area (Å²) in [5.74, 6) is 1.07. The zero-order valence-electron chi connectivity index (χ0n) is 6.78. The summed E-state index contributed by atoms with van der Waals surface area (Å²) < 4.78 is 0. The zero-order chi connectivity index (χ0) is 8.15. The van der Waals surface area contributed by atoms with Crippen LogP contribution in [0.15, 0.2) is 24.7 Å². The fourth-order valence-corrected chi connectivity index (χ4v) is 0.771. The van der Waals surface area contributed by atoms with Gasteiger partial charge in [-0.15, -0.1) is 0 Å². The van der Waals surface area contributed by atoms with Gasteiger partial charge in [0.25, 0.3) is 0 Å². The predicted octanol–water partition coefficient (Wildman–Crippen LogP) is 1.57. The molecule has 0 spiro atoms. The van der Waals surface area contributed by atoms with Crippen molar-refractivity contribution < 1.29 is 0 Å². The molecule has 0 aliphatic heterocycles. The SMILES string of the molecule is C=C(N)NC(=C)CC(C)C. The van der Waals surface area contributed by atoms with E-state index in [4.69, 9.17) is 5.73 Å². The van der Waals surface area contributed by atoms with E-state index < -0.39 is 0 Å². The van der Waals surface area contributed by atoms with E-state index >= 15 is 0 Å². The van der Waals surface area contributed by atoms with E-state index in [9.17, 15) is 0 Å². The van der Waals surface area contributed by atoms with E-state index in [0.29, 0.717) is 11.7 Å². The van der Waals surface area contributed by atoms with Gasteiger partial charge in [0.15, 0.2) is 0 Å². The van der Waals surface area contributed by atoms with Gasteiger partial charge in [0.2, 0.25) is 0 Å². The average molecular weight is 140 g/mol. The third kappa shape index (κ3) is 5.22. The van der Waals surface area contributed by atoms with Gasteiger partial charge in [-0.1, -0.05) is 27.0 Å². The van der Waals surface area contributed by atoms with E-state index in [2.05, 4.69) is 32.3 Å². The van der Waals surface area contributed by atoms with Crippen molar-refractivity contribution in [2.24, 2.45) is 11.7 Å². The standard InChI is InChI=1S/C8H16N2/c1-6(2)5-7(3)10-8(4)9/h6,10H,3-5,9H2,1-2H3. The summed E-state index contributed by atoms with van der Waals surface area (Å²) in [5, 5.41) is 2.86. The Morgan fingerprint density at radius 1 is 1.50 bits per heavy atom. The van der Waals surface area contributed by atoms with Gasteiger partial charge in [-0.3, -0.25) is 0 Å². The van der Waals surface area contributed by atoms with Gasteiger partial charge < -0.3 is 11.1 Å². The van der Waals surface area contributed by atoms with Crippen LogP contribution in [-0.2, 0) is 0 Å². The van der Waals surface area contributed by atoms with Crippen LogP contribution in [0.2, 0.25) is 0 Å². The second-order valence-electron chi connectivity index (χ2n) is 2.85. The number of hydrogen-bond donors (Lipinski definition) is 2. The number of nitrogens with two attached hydrogens (primary N) is 1. The molecule has 0 atom stereocenters. The van der Waals surface area contributed by atoms with E-state index in [0.717, 1.165) is 12.1 Å². The van der Waals surface area contributed by atoms with Gasteiger partial charge in [0, 0.05) is 5.70 Å². The fraction of sp³-hybridized carbons (Fsp3) is 0.500. The van der Waals surface area contributed by atoms with Crippen LogP contribution in [0.1, 0.15) is 20.3 Å². The molecule has 2 nitrogen and oxygen atoms in total. The van der Waals surface area contributed by atoms with Crippen molar-refractivity contribution in [1.29, 1.82) is 0 Å². The highest BCUT2D eigenvalue weighted by molar-refractivity contribution is 5.01. The molecule has 0 aromatic heterocycles. The van der Waals surface area contributed by atoms with Gasteiger partial charge in [0.05, 0.1) is 5.82 Å². The summed E-state index contributed by atoms with van der Waals surface area (Å²) in [7, 11) is 0. The lowest BCUT2D eigenvalue weighted by Crippen LogP contribution is -2.18. The average Bonchev–Trinajstić information content (AvgIpc) is 1.58. The van der Waals surface area contributed by atoms with E-state index in [1.165, 1.54) is 0 Å². The van der Waals surface area contributed by atoms with Gasteiger partial charge in [-0.25, -0.2) is 0 Å². The van der Waals surface area contributed by atoms with Gasteiger partial charge in [0.1, 0.15) is 0 Å². The van der Waals surface area contributed by atoms with Crippen LogP contribution in [0.25, 0.3) is 0 Å². The first-order valence-electron chi connectivity index (χ1n) is 3.41. The molecule has 0 radical (unpaired) electrons. The van der Waals surface area contributed by atoms with Gasteiger partial charge >= 0.3 is 0 Å². The topological polar surface area (TPSA) is 38.0 Å². The highest BCUT2D eigenvalue weighted by atomic mass is 15.0. The Morgan fingerprint density at radius 2 is 2.00 bits per heavy atom. The van der Waals surface area contributed by atoms with Crippen LogP contribution in [0.4, 0.5) is 0 Å². The predicted molar refractivity (Wildman–Crippen MR) is 45.1 cm³/mol. The van der Waals surface area contributed by atoms with Gasteiger partial charge in [-0.2, -0.15) is 0 Å². The number of allylic oxidation sites excluding steroid dienone is 1. The normalized spacial score (nSPS) is 9.50. The smallest absolute Gasteiger partial charge is 0.0927 e. The van der Waals surface area contributed by atoms with Crippen molar-refractivity contribution in [3.05, 3.63) is 24.7 Å². The van der Waals surface area contributed by atoms with E-state index in [-0.39, 0.29) is 0 Å². The summed E-state index contributed by atoms with van der Waals surface area (Å²) in [6.07, 6.45) is 0.941. The molecule has 0 aromatic carbocycles. The van der Waals surface area contributed by atoms with Crippen molar-refractivity contribution in [3.8, 4) is 0 Å².